The highest BCUT2D eigenvalue weighted by molar-refractivity contribution is 7.84. The van der Waals surface area contributed by atoms with Gasteiger partial charge in [-0.15, -0.1) is 12.3 Å². The minimum absolute atomic E-state index is 0.0936. The fourth-order valence-corrected chi connectivity index (χ4v) is 3.76. The molecule has 3 atom stereocenters. The van der Waals surface area contributed by atoms with Crippen LogP contribution in [0.25, 0.3) is 10.4 Å². The molecule has 32 heavy (non-hydrogen) atoms. The summed E-state index contributed by atoms with van der Waals surface area (Å²) in [6, 6.07) is -4.23. The van der Waals surface area contributed by atoms with Crippen LogP contribution in [0.4, 0.5) is 4.79 Å². The molecule has 2 rings (SSSR count). The molecule has 16 nitrogen and oxygen atoms in total. The van der Waals surface area contributed by atoms with E-state index in [0.717, 1.165) is 0 Å². The third-order valence-corrected chi connectivity index (χ3v) is 5.50. The second kappa shape index (κ2) is 9.51. The Morgan fingerprint density at radius 3 is 2.53 bits per heavy atom. The Kier molecular flexibility index (Phi) is 7.25. The molecular formula is C15H18N8O8S. The van der Waals surface area contributed by atoms with Crippen molar-refractivity contribution in [3.63, 3.8) is 0 Å². The molecular weight excluding hydrogens is 452 g/mol. The third-order valence-electron chi connectivity index (χ3n) is 4.61. The van der Waals surface area contributed by atoms with E-state index < -0.39 is 64.6 Å². The number of amides is 6. The number of hydrogen-bond donors (Lipinski definition) is 3. The van der Waals surface area contributed by atoms with E-state index in [1.807, 2.05) is 0 Å². The summed E-state index contributed by atoms with van der Waals surface area (Å²) in [7, 11) is -5.05. The minimum atomic E-state index is -5.05. The first-order chi connectivity index (χ1) is 15.0. The van der Waals surface area contributed by atoms with Gasteiger partial charge < -0.3 is 15.5 Å². The maximum atomic E-state index is 12.5. The molecule has 2 aliphatic heterocycles. The van der Waals surface area contributed by atoms with Crippen molar-refractivity contribution in [2.45, 2.75) is 31.6 Å². The Morgan fingerprint density at radius 1 is 1.34 bits per heavy atom. The van der Waals surface area contributed by atoms with Crippen LogP contribution in [0, 0.1) is 12.3 Å². The van der Waals surface area contributed by atoms with Crippen molar-refractivity contribution >= 4 is 40.0 Å². The number of azide groups is 1. The summed E-state index contributed by atoms with van der Waals surface area (Å²) in [5.74, 6) is -2.23. The molecule has 2 saturated heterocycles. The Bertz CT molecular complexity index is 1050. The number of likely N-dealkylation sites (N-methyl/N-ethyl adjacent to an activating group) is 1. The van der Waals surface area contributed by atoms with Crippen molar-refractivity contribution in [2.75, 3.05) is 19.6 Å². The van der Waals surface area contributed by atoms with Crippen LogP contribution < -0.4 is 10.6 Å². The lowest BCUT2D eigenvalue weighted by Gasteiger charge is -2.41. The summed E-state index contributed by atoms with van der Waals surface area (Å²) >= 11 is 0. The van der Waals surface area contributed by atoms with Gasteiger partial charge in [-0.25, -0.2) is 9.10 Å². The Balaban J connectivity index is 2.11. The minimum Gasteiger partial charge on any atom is -0.340 e. The summed E-state index contributed by atoms with van der Waals surface area (Å²) in [4.78, 5) is 65.2. The second-order valence-corrected chi connectivity index (χ2v) is 7.76. The van der Waals surface area contributed by atoms with Crippen LogP contribution in [0.1, 0.15) is 13.3 Å². The summed E-state index contributed by atoms with van der Waals surface area (Å²) in [6.07, 6.45) is 3.01. The van der Waals surface area contributed by atoms with Crippen LogP contribution in [0.3, 0.4) is 0 Å². The molecule has 172 valence electrons. The summed E-state index contributed by atoms with van der Waals surface area (Å²) in [5, 5.41) is 7.29. The smallest absolute Gasteiger partial charge is 0.340 e. The Hall–Kier alpha value is -3.87. The zero-order valence-electron chi connectivity index (χ0n) is 16.5. The van der Waals surface area contributed by atoms with Crippen LogP contribution >= 0.6 is 0 Å². The Labute approximate surface area is 181 Å². The van der Waals surface area contributed by atoms with Crippen LogP contribution in [0.5, 0.6) is 0 Å². The average Bonchev–Trinajstić information content (AvgIpc) is 2.72. The number of hydrogen-bond acceptors (Lipinski definition) is 8. The van der Waals surface area contributed by atoms with Gasteiger partial charge in [-0.05, 0) is 12.5 Å². The third kappa shape index (κ3) is 4.72. The molecule has 0 aliphatic carbocycles. The van der Waals surface area contributed by atoms with Gasteiger partial charge in [-0.2, -0.15) is 8.42 Å². The maximum absolute atomic E-state index is 12.5. The molecule has 0 bridgehead atoms. The Morgan fingerprint density at radius 2 is 2.00 bits per heavy atom. The van der Waals surface area contributed by atoms with Crippen LogP contribution in [0.2, 0.25) is 0 Å². The zero-order valence-corrected chi connectivity index (χ0v) is 17.4. The van der Waals surface area contributed by atoms with Gasteiger partial charge in [0.05, 0.1) is 0 Å². The van der Waals surface area contributed by atoms with Gasteiger partial charge in [0, 0.05) is 31.0 Å². The molecule has 2 heterocycles. The fraction of sp³-hybridized carbons (Fsp3) is 0.533. The fourth-order valence-electron chi connectivity index (χ4n) is 2.98. The first-order valence-corrected chi connectivity index (χ1v) is 10.4. The highest BCUT2D eigenvalue weighted by atomic mass is 32.2. The number of rotatable bonds is 7. The molecule has 1 unspecified atom stereocenters. The number of nitrogens with one attached hydrogen (secondary N) is 2. The van der Waals surface area contributed by atoms with Gasteiger partial charge in [0.25, 0.3) is 5.91 Å². The SMILES string of the molecule is C#CCC(NC(=O)N1CCN(CC)C(=O)C1=O)C(=O)N[C@@H]1C(=O)N(S(=O)(=O)O)[C@@H]1N=[N+]=[N-]. The lowest BCUT2D eigenvalue weighted by molar-refractivity contribution is -0.153. The average molecular weight is 470 g/mol. The molecule has 2 aliphatic rings. The van der Waals surface area contributed by atoms with Crippen molar-refractivity contribution in [2.24, 2.45) is 5.11 Å². The lowest BCUT2D eigenvalue weighted by Crippen LogP contribution is -2.72. The van der Waals surface area contributed by atoms with E-state index in [9.17, 15) is 32.4 Å². The number of nitrogens with zero attached hydrogens (tertiary/aromatic N) is 6. The predicted molar refractivity (Wildman–Crippen MR) is 103 cm³/mol. The van der Waals surface area contributed by atoms with Gasteiger partial charge in [-0.1, -0.05) is 5.11 Å². The van der Waals surface area contributed by atoms with E-state index in [4.69, 9.17) is 16.5 Å². The molecule has 0 aromatic rings. The topological polar surface area (TPSA) is 222 Å². The maximum Gasteiger partial charge on any atom is 0.362 e. The van der Waals surface area contributed by atoms with Crippen molar-refractivity contribution in [1.82, 2.24) is 24.7 Å². The molecule has 0 aromatic carbocycles. The van der Waals surface area contributed by atoms with Crippen LogP contribution in [0.15, 0.2) is 5.11 Å². The van der Waals surface area contributed by atoms with E-state index in [-0.39, 0.29) is 23.9 Å². The molecule has 0 saturated carbocycles. The van der Waals surface area contributed by atoms with E-state index in [1.54, 1.807) is 6.92 Å². The first kappa shape index (κ1) is 24.4. The number of β-lactam (4-membered cyclic amide) rings is 1. The number of terminal acetylenes is 1. The predicted octanol–water partition coefficient (Wildman–Crippen LogP) is -2.46. The summed E-state index contributed by atoms with van der Waals surface area (Å²) in [6.45, 7) is 1.89. The molecule has 0 spiro atoms. The van der Waals surface area contributed by atoms with Crippen molar-refractivity contribution in [3.8, 4) is 12.3 Å². The summed E-state index contributed by atoms with van der Waals surface area (Å²) < 4.78 is 31.3. The van der Waals surface area contributed by atoms with E-state index in [0.29, 0.717) is 4.90 Å². The van der Waals surface area contributed by atoms with Crippen molar-refractivity contribution in [1.29, 1.82) is 0 Å². The van der Waals surface area contributed by atoms with Crippen molar-refractivity contribution < 1.29 is 36.9 Å². The van der Waals surface area contributed by atoms with Gasteiger partial charge in [0.15, 0.2) is 6.17 Å². The monoisotopic (exact) mass is 470 g/mol. The second-order valence-electron chi connectivity index (χ2n) is 6.47. The molecule has 0 radical (unpaired) electrons. The highest BCUT2D eigenvalue weighted by Crippen LogP contribution is 2.25. The van der Waals surface area contributed by atoms with Crippen LogP contribution in [-0.4, -0.2) is 94.6 Å². The number of urea groups is 1. The van der Waals surface area contributed by atoms with E-state index in [2.05, 4.69) is 26.6 Å². The van der Waals surface area contributed by atoms with Gasteiger partial charge in [0.1, 0.15) is 12.1 Å². The number of carbonyl (C=O) groups excluding carboxylic acids is 5. The van der Waals surface area contributed by atoms with Gasteiger partial charge >= 0.3 is 28.1 Å². The lowest BCUT2D eigenvalue weighted by atomic mass is 10.1. The summed E-state index contributed by atoms with van der Waals surface area (Å²) in [5.41, 5.74) is 8.54. The number of carbonyl (C=O) groups is 5. The van der Waals surface area contributed by atoms with Gasteiger partial charge in [-0.3, -0.25) is 28.6 Å². The zero-order chi connectivity index (χ0) is 24.2. The van der Waals surface area contributed by atoms with E-state index in [1.165, 1.54) is 4.90 Å². The van der Waals surface area contributed by atoms with E-state index >= 15 is 0 Å². The standard InChI is InChI=1S/C15H18N8O8S/c1-3-5-8(17-15(28)22-7-6-21(4-2)13(26)14(22)27)11(24)18-9-10(19-20-16)23(12(9)25)32(29,30)31/h1,8-10H,4-7H2,2H3,(H,17,28)(H,18,24)(H,29,30,31)/t8?,9-,10-/m0/s1. The van der Waals surface area contributed by atoms with Crippen LogP contribution in [-0.2, 0) is 29.5 Å². The number of imide groups is 1. The molecule has 0 aromatic heterocycles. The largest absolute Gasteiger partial charge is 0.362 e. The van der Waals surface area contributed by atoms with Gasteiger partial charge in [0.2, 0.25) is 5.91 Å². The number of piperazine rings is 1. The molecule has 2 fully saturated rings. The van der Waals surface area contributed by atoms with Crippen molar-refractivity contribution in [3.05, 3.63) is 10.4 Å². The quantitative estimate of drug-likeness (QED) is 0.0687. The highest BCUT2D eigenvalue weighted by Gasteiger charge is 2.54. The molecule has 3 N–H and O–H groups in total. The first-order valence-electron chi connectivity index (χ1n) is 8.97. The molecule has 17 heteroatoms. The molecule has 6 amide bonds. The normalized spacial score (nSPS) is 21.8.